The van der Waals surface area contributed by atoms with Crippen LogP contribution in [-0.4, -0.2) is 123 Å². The predicted molar refractivity (Wildman–Crippen MR) is 215 cm³/mol. The summed E-state index contributed by atoms with van der Waals surface area (Å²) in [6.45, 7) is 6.26. The molecule has 0 bridgehead atoms. The highest BCUT2D eigenvalue weighted by Crippen LogP contribution is 2.60. The average molecular weight is 804 g/mol. The van der Waals surface area contributed by atoms with Crippen molar-refractivity contribution < 1.29 is 38.2 Å². The van der Waals surface area contributed by atoms with Gasteiger partial charge in [0.2, 0.25) is 29.5 Å². The number of carbonyl (C=O) groups is 5. The van der Waals surface area contributed by atoms with Crippen LogP contribution in [-0.2, 0) is 38.2 Å². The summed E-state index contributed by atoms with van der Waals surface area (Å²) < 4.78 is 18.4. The van der Waals surface area contributed by atoms with E-state index >= 15 is 0 Å². The average Bonchev–Trinajstić information content (AvgIpc) is 3.46. The minimum absolute atomic E-state index is 0.123. The number of hydrogen-bond acceptors (Lipinski definition) is 10. The third-order valence-electron chi connectivity index (χ3n) is 13.5. The normalized spacial score (nSPS) is 34.7. The quantitative estimate of drug-likeness (QED) is 0.177. The van der Waals surface area contributed by atoms with E-state index in [1.807, 2.05) is 20.8 Å². The number of likely N-dealkylation sites (N-methyl/N-ethyl adjacent to an activating group) is 1. The fourth-order valence-electron chi connectivity index (χ4n) is 9.86. The molecule has 0 aromatic heterocycles. The van der Waals surface area contributed by atoms with Gasteiger partial charge < -0.3 is 51.8 Å². The summed E-state index contributed by atoms with van der Waals surface area (Å²) in [5.41, 5.74) is 12.4. The fraction of sp³-hybridized carbons (Fsp3) is 0.881. The molecule has 5 rings (SSSR count). The molecule has 5 fully saturated rings. The van der Waals surface area contributed by atoms with E-state index in [-0.39, 0.29) is 43.8 Å². The van der Waals surface area contributed by atoms with Crippen molar-refractivity contribution in [3.63, 3.8) is 0 Å². The maximum Gasteiger partial charge on any atom is 0.245 e. The minimum atomic E-state index is -1.19. The molecule has 8 N–H and O–H groups in total. The molecule has 3 saturated carbocycles. The molecule has 9 atom stereocenters. The Kier molecular flexibility index (Phi) is 17.0. The third kappa shape index (κ3) is 12.1. The first-order valence-electron chi connectivity index (χ1n) is 22.1. The van der Waals surface area contributed by atoms with E-state index in [1.54, 1.807) is 7.05 Å². The SMILES string of the molecule is CCC[C@H]1C(=O)N[C@@H](C2CCCCCC2)C(=O)N[C@@H](CN)C(=O)N[C@@H](COC2CCOC(CN)C2)C(=O)N[C@H](C)CO[C@H](CC2CC3(CCC3)C2)[C@@H](C)C(=O)N1C. The number of hydrogen-bond donors (Lipinski definition) is 6. The zero-order chi connectivity index (χ0) is 41.1. The van der Waals surface area contributed by atoms with Crippen LogP contribution >= 0.6 is 0 Å². The smallest absolute Gasteiger partial charge is 0.245 e. The lowest BCUT2D eigenvalue weighted by Gasteiger charge is -2.55. The van der Waals surface area contributed by atoms with Gasteiger partial charge in [-0.05, 0) is 82.0 Å². The lowest BCUT2D eigenvalue weighted by Crippen LogP contribution is -2.62. The summed E-state index contributed by atoms with van der Waals surface area (Å²) in [7, 11) is 1.67. The molecule has 15 nitrogen and oxygen atoms in total. The first kappa shape index (κ1) is 45.2. The van der Waals surface area contributed by atoms with Crippen LogP contribution in [0.1, 0.15) is 124 Å². The van der Waals surface area contributed by atoms with Crippen molar-refractivity contribution in [2.75, 3.05) is 40.0 Å². The molecule has 5 amide bonds. The molecule has 15 heteroatoms. The van der Waals surface area contributed by atoms with Gasteiger partial charge in [0.05, 0.1) is 37.4 Å². The van der Waals surface area contributed by atoms with E-state index in [4.69, 9.17) is 25.7 Å². The van der Waals surface area contributed by atoms with E-state index in [0.29, 0.717) is 56.6 Å². The van der Waals surface area contributed by atoms with Crippen molar-refractivity contribution in [2.45, 2.75) is 172 Å². The molecule has 0 radical (unpaired) electrons. The lowest BCUT2D eigenvalue weighted by molar-refractivity contribution is -0.148. The number of amides is 5. The highest BCUT2D eigenvalue weighted by Gasteiger charge is 2.49. The Balaban J connectivity index is 1.42. The lowest BCUT2D eigenvalue weighted by atomic mass is 9.51. The summed E-state index contributed by atoms with van der Waals surface area (Å²) >= 11 is 0. The van der Waals surface area contributed by atoms with Gasteiger partial charge in [-0.2, -0.15) is 0 Å². The van der Waals surface area contributed by atoms with Gasteiger partial charge in [0.15, 0.2) is 0 Å². The van der Waals surface area contributed by atoms with E-state index in [0.717, 1.165) is 51.4 Å². The van der Waals surface area contributed by atoms with Gasteiger partial charge in [-0.3, -0.25) is 24.0 Å². The Hall–Kier alpha value is -2.85. The second kappa shape index (κ2) is 21.4. The van der Waals surface area contributed by atoms with Crippen LogP contribution in [0.2, 0.25) is 0 Å². The van der Waals surface area contributed by atoms with Crippen molar-refractivity contribution in [1.29, 1.82) is 0 Å². The predicted octanol–water partition coefficient (Wildman–Crippen LogP) is 2.03. The molecular weight excluding hydrogens is 731 g/mol. The Morgan fingerprint density at radius 3 is 2.12 bits per heavy atom. The van der Waals surface area contributed by atoms with Crippen molar-refractivity contribution in [2.24, 2.45) is 34.6 Å². The van der Waals surface area contributed by atoms with Crippen molar-refractivity contribution >= 4 is 29.5 Å². The van der Waals surface area contributed by atoms with Crippen LogP contribution in [0.3, 0.4) is 0 Å². The van der Waals surface area contributed by atoms with E-state index in [1.165, 1.54) is 24.2 Å². The molecular formula is C42H73N7O8. The molecule has 2 saturated heterocycles. The Labute approximate surface area is 339 Å². The summed E-state index contributed by atoms with van der Waals surface area (Å²) in [6, 6.07) is -4.53. The number of nitrogens with two attached hydrogens (primary N) is 2. The summed E-state index contributed by atoms with van der Waals surface area (Å²) in [6.07, 6.45) is 13.6. The molecule has 1 spiro atoms. The standard InChI is InChI=1S/C42H73N7O8/c1-5-11-34-39(52)48-36(29-12-8-6-7-9-13-29)40(53)46-32(23-44)37(50)47-33(25-56-30-14-17-55-31(19-30)22-43)38(51)45-26(2)24-57-35(27(3)41(54)49(34)4)18-28-20-42(21-28)15-10-16-42/h26-36H,5-25,43-44H2,1-4H3,(H,45,51)(H,46,53)(H,47,50)(H,48,52)/t26-,27-,30?,31?,32+,33+,34+,35-,36+/m1/s1. The highest BCUT2D eigenvalue weighted by molar-refractivity contribution is 5.96. The van der Waals surface area contributed by atoms with Crippen LogP contribution in [0.5, 0.6) is 0 Å². The minimum Gasteiger partial charge on any atom is -0.377 e. The molecule has 2 unspecified atom stereocenters. The molecule has 2 aliphatic heterocycles. The van der Waals surface area contributed by atoms with Gasteiger partial charge in [0.25, 0.3) is 0 Å². The second-order valence-corrected chi connectivity index (χ2v) is 18.0. The molecule has 5 aliphatic rings. The van der Waals surface area contributed by atoms with Crippen LogP contribution < -0.4 is 32.7 Å². The van der Waals surface area contributed by atoms with Gasteiger partial charge >= 0.3 is 0 Å². The molecule has 3 aliphatic carbocycles. The zero-order valence-electron chi connectivity index (χ0n) is 35.1. The van der Waals surface area contributed by atoms with Gasteiger partial charge in [-0.15, -0.1) is 0 Å². The van der Waals surface area contributed by atoms with Gasteiger partial charge in [-0.25, -0.2) is 0 Å². The van der Waals surface area contributed by atoms with Crippen molar-refractivity contribution in [3.05, 3.63) is 0 Å². The molecule has 57 heavy (non-hydrogen) atoms. The fourth-order valence-corrected chi connectivity index (χ4v) is 9.86. The first-order valence-corrected chi connectivity index (χ1v) is 22.1. The van der Waals surface area contributed by atoms with Crippen LogP contribution in [0.25, 0.3) is 0 Å². The molecule has 2 heterocycles. The molecule has 324 valence electrons. The highest BCUT2D eigenvalue weighted by atomic mass is 16.5. The number of carbonyl (C=O) groups excluding carboxylic acids is 5. The summed E-state index contributed by atoms with van der Waals surface area (Å²) in [5, 5.41) is 11.7. The third-order valence-corrected chi connectivity index (χ3v) is 13.5. The maximum absolute atomic E-state index is 14.4. The van der Waals surface area contributed by atoms with Crippen molar-refractivity contribution in [3.8, 4) is 0 Å². The van der Waals surface area contributed by atoms with Gasteiger partial charge in [0, 0.05) is 39.2 Å². The molecule has 0 aromatic rings. The first-order chi connectivity index (χ1) is 27.4. The number of nitrogens with one attached hydrogen (secondary N) is 4. The van der Waals surface area contributed by atoms with E-state index in [2.05, 4.69) is 21.3 Å². The zero-order valence-corrected chi connectivity index (χ0v) is 35.1. The number of nitrogens with zero attached hydrogens (tertiary/aromatic N) is 1. The number of rotatable bonds is 10. The van der Waals surface area contributed by atoms with Crippen molar-refractivity contribution in [1.82, 2.24) is 26.2 Å². The summed E-state index contributed by atoms with van der Waals surface area (Å²) in [4.78, 5) is 72.3. The number of ether oxygens (including phenoxy) is 3. The topological polar surface area (TPSA) is 216 Å². The van der Waals surface area contributed by atoms with E-state index < -0.39 is 65.9 Å². The second-order valence-electron chi connectivity index (χ2n) is 18.0. The largest absolute Gasteiger partial charge is 0.377 e. The molecule has 0 aromatic carbocycles. The van der Waals surface area contributed by atoms with Gasteiger partial charge in [-0.1, -0.05) is 52.4 Å². The van der Waals surface area contributed by atoms with E-state index in [9.17, 15) is 24.0 Å². The monoisotopic (exact) mass is 804 g/mol. The van der Waals surface area contributed by atoms with Gasteiger partial charge in [0.1, 0.15) is 24.2 Å². The van der Waals surface area contributed by atoms with Crippen LogP contribution in [0.4, 0.5) is 0 Å². The Bertz CT molecular complexity index is 1350. The summed E-state index contributed by atoms with van der Waals surface area (Å²) in [5.74, 6) is -2.52. The van der Waals surface area contributed by atoms with Crippen LogP contribution in [0, 0.1) is 23.2 Å². The Morgan fingerprint density at radius 1 is 0.807 bits per heavy atom. The van der Waals surface area contributed by atoms with Crippen LogP contribution in [0.15, 0.2) is 0 Å². The maximum atomic E-state index is 14.4. The Morgan fingerprint density at radius 2 is 1.49 bits per heavy atom.